The summed E-state index contributed by atoms with van der Waals surface area (Å²) in [7, 11) is 1.61. The van der Waals surface area contributed by atoms with Gasteiger partial charge in [0.15, 0.2) is 0 Å². The molecule has 1 saturated heterocycles. The number of piperazine rings is 1. The van der Waals surface area contributed by atoms with E-state index < -0.39 is 0 Å². The Morgan fingerprint density at radius 3 is 2.74 bits per heavy atom. The summed E-state index contributed by atoms with van der Waals surface area (Å²) in [6.07, 6.45) is 5.15. The molecule has 0 bridgehead atoms. The number of nitrogens with two attached hydrogens (primary N) is 2. The fraction of sp³-hybridized carbons (Fsp3) is 0.308. The van der Waals surface area contributed by atoms with Crippen LogP contribution in [0.2, 0.25) is 5.02 Å². The predicted octanol–water partition coefficient (Wildman–Crippen LogP) is 3.02. The topological polar surface area (TPSA) is 140 Å². The van der Waals surface area contributed by atoms with Crippen molar-refractivity contribution in [3.63, 3.8) is 0 Å². The summed E-state index contributed by atoms with van der Waals surface area (Å²) < 4.78 is 7.45. The number of aromatic nitrogens is 4. The third-order valence-corrected chi connectivity index (χ3v) is 7.03. The van der Waals surface area contributed by atoms with Crippen molar-refractivity contribution < 1.29 is 9.53 Å². The number of nitrogens with one attached hydrogen (secondary N) is 1. The molecular weight excluding hydrogens is 506 g/mol. The molecule has 3 aromatic heterocycles. The number of ether oxygens (including phenoxy) is 1. The summed E-state index contributed by atoms with van der Waals surface area (Å²) in [5.41, 5.74) is 16.3. The molecule has 5 rings (SSSR count). The Labute approximate surface area is 225 Å². The second kappa shape index (κ2) is 10.7. The van der Waals surface area contributed by atoms with Crippen LogP contribution in [0.15, 0.2) is 48.9 Å². The Bertz CT molecular complexity index is 1470. The van der Waals surface area contributed by atoms with Crippen molar-refractivity contribution in [2.75, 3.05) is 55.8 Å². The molecule has 0 spiro atoms. The molecule has 1 amide bonds. The van der Waals surface area contributed by atoms with Gasteiger partial charge in [0.2, 0.25) is 11.9 Å². The maximum absolute atomic E-state index is 11.4. The maximum Gasteiger partial charge on any atom is 0.227 e. The standard InChI is InChI=1S/C26H30ClN9O2/c1-16(25(29)37)15-34-7-9-35(10-8-34)22-12-23(38-2)20(11-19(22)28)32-26-30-14-18(27)24(33-26)17-13-31-36-6-4-3-5-21(17)36/h3-6,11-14,16H,7-10,15,28H2,1-2H3,(H2,29,37)(H,30,32,33). The number of nitrogen functional groups attached to an aromatic ring is 1. The van der Waals surface area contributed by atoms with E-state index in [1.54, 1.807) is 24.0 Å². The minimum absolute atomic E-state index is 0.180. The van der Waals surface area contributed by atoms with E-state index in [-0.39, 0.29) is 11.8 Å². The lowest BCUT2D eigenvalue weighted by Gasteiger charge is -2.37. The van der Waals surface area contributed by atoms with Crippen molar-refractivity contribution in [2.24, 2.45) is 11.7 Å². The summed E-state index contributed by atoms with van der Waals surface area (Å²) in [5, 5.41) is 8.03. The van der Waals surface area contributed by atoms with Gasteiger partial charge in [-0.1, -0.05) is 24.6 Å². The van der Waals surface area contributed by atoms with E-state index >= 15 is 0 Å². The number of pyridine rings is 1. The lowest BCUT2D eigenvalue weighted by atomic mass is 10.1. The van der Waals surface area contributed by atoms with Gasteiger partial charge in [0, 0.05) is 56.5 Å². The summed E-state index contributed by atoms with van der Waals surface area (Å²) in [6, 6.07) is 9.53. The molecule has 1 atom stereocenters. The molecule has 0 radical (unpaired) electrons. The number of primary amides is 1. The van der Waals surface area contributed by atoms with Gasteiger partial charge in [-0.3, -0.25) is 9.69 Å². The van der Waals surface area contributed by atoms with E-state index in [1.807, 2.05) is 43.5 Å². The van der Waals surface area contributed by atoms with Crippen LogP contribution in [-0.4, -0.2) is 70.2 Å². The van der Waals surface area contributed by atoms with Crippen LogP contribution in [0.5, 0.6) is 5.75 Å². The monoisotopic (exact) mass is 535 g/mol. The second-order valence-electron chi connectivity index (χ2n) is 9.31. The lowest BCUT2D eigenvalue weighted by Crippen LogP contribution is -2.48. The number of fused-ring (bicyclic) bond motifs is 1. The van der Waals surface area contributed by atoms with Crippen molar-refractivity contribution in [3.8, 4) is 17.0 Å². The SMILES string of the molecule is COc1cc(N2CCN(CC(C)C(N)=O)CC2)c(N)cc1Nc1ncc(Cl)c(-c2cnn3ccccc23)n1. The second-order valence-corrected chi connectivity index (χ2v) is 9.71. The largest absolute Gasteiger partial charge is 0.494 e. The summed E-state index contributed by atoms with van der Waals surface area (Å²) >= 11 is 6.47. The Hall–Kier alpha value is -4.09. The molecule has 1 fully saturated rings. The molecule has 1 aromatic carbocycles. The zero-order valence-corrected chi connectivity index (χ0v) is 22.0. The highest BCUT2D eigenvalue weighted by Crippen LogP contribution is 2.37. The van der Waals surface area contributed by atoms with Gasteiger partial charge in [0.25, 0.3) is 0 Å². The minimum atomic E-state index is -0.278. The summed E-state index contributed by atoms with van der Waals surface area (Å²) in [4.78, 5) is 24.9. The Kier molecular flexibility index (Phi) is 7.21. The molecule has 0 aliphatic carbocycles. The minimum Gasteiger partial charge on any atom is -0.494 e. The van der Waals surface area contributed by atoms with Gasteiger partial charge >= 0.3 is 0 Å². The van der Waals surface area contributed by atoms with Gasteiger partial charge in [-0.2, -0.15) is 5.10 Å². The number of rotatable bonds is 8. The Balaban J connectivity index is 1.36. The molecule has 1 aliphatic rings. The molecule has 1 aliphatic heterocycles. The van der Waals surface area contributed by atoms with Crippen LogP contribution in [0.1, 0.15) is 6.92 Å². The van der Waals surface area contributed by atoms with E-state index in [0.717, 1.165) is 42.9 Å². The van der Waals surface area contributed by atoms with E-state index in [4.69, 9.17) is 27.8 Å². The molecule has 1 unspecified atom stereocenters. The number of methoxy groups -OCH3 is 1. The Morgan fingerprint density at radius 1 is 1.21 bits per heavy atom. The Morgan fingerprint density at radius 2 is 2.00 bits per heavy atom. The van der Waals surface area contributed by atoms with Crippen molar-refractivity contribution in [3.05, 3.63) is 53.9 Å². The lowest BCUT2D eigenvalue weighted by molar-refractivity contribution is -0.121. The number of nitrogens with zero attached hydrogens (tertiary/aromatic N) is 6. The van der Waals surface area contributed by atoms with Crippen LogP contribution >= 0.6 is 11.6 Å². The maximum atomic E-state index is 11.4. The molecular formula is C26H30ClN9O2. The fourth-order valence-electron chi connectivity index (χ4n) is 4.63. The third-order valence-electron chi connectivity index (χ3n) is 6.75. The average Bonchev–Trinajstić information content (AvgIpc) is 3.34. The van der Waals surface area contributed by atoms with Gasteiger partial charge in [-0.05, 0) is 18.2 Å². The number of benzene rings is 1. The number of hydrogen-bond donors (Lipinski definition) is 3. The van der Waals surface area contributed by atoms with E-state index in [9.17, 15) is 4.79 Å². The highest BCUT2D eigenvalue weighted by molar-refractivity contribution is 6.33. The van der Waals surface area contributed by atoms with Gasteiger partial charge in [-0.15, -0.1) is 0 Å². The number of halogens is 1. The highest BCUT2D eigenvalue weighted by Gasteiger charge is 2.23. The molecule has 5 N–H and O–H groups in total. The number of carbonyl (C=O) groups excluding carboxylic acids is 1. The zero-order chi connectivity index (χ0) is 26.8. The van der Waals surface area contributed by atoms with Crippen LogP contribution in [0, 0.1) is 5.92 Å². The van der Waals surface area contributed by atoms with Gasteiger partial charge in [0.05, 0.1) is 52.8 Å². The number of hydrogen-bond acceptors (Lipinski definition) is 9. The molecule has 12 heteroatoms. The van der Waals surface area contributed by atoms with E-state index in [0.29, 0.717) is 40.3 Å². The molecule has 38 heavy (non-hydrogen) atoms. The van der Waals surface area contributed by atoms with Crippen LogP contribution in [0.25, 0.3) is 16.8 Å². The van der Waals surface area contributed by atoms with Crippen molar-refractivity contribution in [2.45, 2.75) is 6.92 Å². The van der Waals surface area contributed by atoms with Gasteiger partial charge in [-0.25, -0.2) is 14.5 Å². The van der Waals surface area contributed by atoms with Gasteiger partial charge in [0.1, 0.15) is 5.75 Å². The molecule has 198 valence electrons. The highest BCUT2D eigenvalue weighted by atomic mass is 35.5. The number of amides is 1. The predicted molar refractivity (Wildman–Crippen MR) is 149 cm³/mol. The number of anilines is 4. The first kappa shape index (κ1) is 25.6. The average molecular weight is 536 g/mol. The zero-order valence-electron chi connectivity index (χ0n) is 21.3. The smallest absolute Gasteiger partial charge is 0.227 e. The van der Waals surface area contributed by atoms with Crippen LogP contribution in [0.4, 0.5) is 23.0 Å². The first-order valence-corrected chi connectivity index (χ1v) is 12.7. The van der Waals surface area contributed by atoms with Crippen LogP contribution in [-0.2, 0) is 4.79 Å². The quantitative estimate of drug-likeness (QED) is 0.290. The summed E-state index contributed by atoms with van der Waals surface area (Å²) in [5.74, 6) is 0.498. The molecule has 11 nitrogen and oxygen atoms in total. The summed E-state index contributed by atoms with van der Waals surface area (Å²) in [6.45, 7) is 5.68. The molecule has 4 heterocycles. The third kappa shape index (κ3) is 5.15. The van der Waals surface area contributed by atoms with Crippen molar-refractivity contribution in [1.82, 2.24) is 24.5 Å². The van der Waals surface area contributed by atoms with Gasteiger partial charge < -0.3 is 26.4 Å². The first-order chi connectivity index (χ1) is 18.3. The first-order valence-electron chi connectivity index (χ1n) is 12.3. The van der Waals surface area contributed by atoms with E-state index in [2.05, 4.69) is 30.2 Å². The fourth-order valence-corrected chi connectivity index (χ4v) is 4.82. The van der Waals surface area contributed by atoms with Crippen molar-refractivity contribution >= 4 is 46.0 Å². The van der Waals surface area contributed by atoms with E-state index in [1.165, 1.54) is 0 Å². The number of carbonyl (C=O) groups is 1. The molecule has 4 aromatic rings. The van der Waals surface area contributed by atoms with Crippen LogP contribution < -0.4 is 26.4 Å². The van der Waals surface area contributed by atoms with Crippen molar-refractivity contribution in [1.29, 1.82) is 0 Å². The normalized spacial score (nSPS) is 15.0. The van der Waals surface area contributed by atoms with Crippen LogP contribution in [0.3, 0.4) is 0 Å². The molecule has 0 saturated carbocycles.